The smallest absolute Gasteiger partial charge is 0.0981 e. The molecular weight excluding hydrogens is 128 g/mol. The summed E-state index contributed by atoms with van der Waals surface area (Å²) < 4.78 is 0. The molecule has 0 unspecified atom stereocenters. The second kappa shape index (κ2) is 2.89. The molecule has 0 aromatic rings. The van der Waals surface area contributed by atoms with E-state index < -0.39 is 5.60 Å². The zero-order chi connectivity index (χ0) is 8.41. The van der Waals surface area contributed by atoms with Crippen LogP contribution in [0.3, 0.4) is 0 Å². The Balaban J connectivity index is 3.56. The third kappa shape index (κ3) is 7.92. The predicted molar refractivity (Wildman–Crippen MR) is 41.4 cm³/mol. The molecule has 0 aliphatic carbocycles. The first-order chi connectivity index (χ1) is 4.21. The van der Waals surface area contributed by atoms with E-state index in [1.807, 2.05) is 34.6 Å². The summed E-state index contributed by atoms with van der Waals surface area (Å²) in [5.74, 6) is 0. The molecule has 0 amide bonds. The zero-order valence-corrected chi connectivity index (χ0v) is 7.52. The van der Waals surface area contributed by atoms with E-state index >= 15 is 0 Å². The SMILES string of the molecule is [CH2]C(C)(C)OOC(C)(C)C. The van der Waals surface area contributed by atoms with Crippen LogP contribution in [-0.4, -0.2) is 11.2 Å². The second-order valence-corrected chi connectivity index (χ2v) is 4.04. The van der Waals surface area contributed by atoms with Crippen molar-refractivity contribution >= 4 is 0 Å². The van der Waals surface area contributed by atoms with E-state index in [9.17, 15) is 0 Å². The number of hydrogen-bond acceptors (Lipinski definition) is 2. The summed E-state index contributed by atoms with van der Waals surface area (Å²) in [5.41, 5.74) is -0.720. The van der Waals surface area contributed by atoms with Gasteiger partial charge in [-0.2, -0.15) is 0 Å². The molecule has 2 nitrogen and oxygen atoms in total. The number of hydrogen-bond donors (Lipinski definition) is 0. The fourth-order valence-electron chi connectivity index (χ4n) is 0.238. The maximum Gasteiger partial charge on any atom is 0.0981 e. The van der Waals surface area contributed by atoms with Crippen LogP contribution in [-0.2, 0) is 9.78 Å². The Morgan fingerprint density at radius 2 is 1.30 bits per heavy atom. The molecule has 0 aliphatic rings. The minimum Gasteiger partial charge on any atom is -0.230 e. The maximum absolute atomic E-state index is 5.03. The standard InChI is InChI=1S/C8H17O2/c1-7(2,3)9-10-8(4,5)6/h1H2,2-6H3. The minimum atomic E-state index is -0.465. The van der Waals surface area contributed by atoms with E-state index in [0.717, 1.165) is 0 Å². The molecular formula is C8H17O2. The summed E-state index contributed by atoms with van der Waals surface area (Å²) in [5, 5.41) is 0. The molecule has 0 atom stereocenters. The maximum atomic E-state index is 5.03. The normalized spacial score (nSPS) is 13.8. The van der Waals surface area contributed by atoms with Crippen LogP contribution in [0.15, 0.2) is 0 Å². The fourth-order valence-corrected chi connectivity index (χ4v) is 0.238. The van der Waals surface area contributed by atoms with E-state index in [-0.39, 0.29) is 5.60 Å². The Morgan fingerprint density at radius 1 is 0.900 bits per heavy atom. The van der Waals surface area contributed by atoms with Crippen LogP contribution in [0.25, 0.3) is 0 Å². The Bertz CT molecular complexity index is 80.8. The van der Waals surface area contributed by atoms with Gasteiger partial charge in [0.25, 0.3) is 0 Å². The molecule has 0 aromatic heterocycles. The monoisotopic (exact) mass is 145 g/mol. The summed E-state index contributed by atoms with van der Waals surface area (Å²) in [7, 11) is 0. The summed E-state index contributed by atoms with van der Waals surface area (Å²) in [6.07, 6.45) is 0. The summed E-state index contributed by atoms with van der Waals surface area (Å²) in [4.78, 5) is 10.0. The van der Waals surface area contributed by atoms with E-state index in [4.69, 9.17) is 9.78 Å². The highest BCUT2D eigenvalue weighted by Crippen LogP contribution is 2.14. The highest BCUT2D eigenvalue weighted by atomic mass is 17.2. The highest BCUT2D eigenvalue weighted by molar-refractivity contribution is 4.68. The summed E-state index contributed by atoms with van der Waals surface area (Å²) in [6.45, 7) is 13.2. The molecule has 2 heteroatoms. The molecule has 0 aromatic carbocycles. The first-order valence-corrected chi connectivity index (χ1v) is 3.43. The van der Waals surface area contributed by atoms with Crippen LogP contribution in [0, 0.1) is 6.92 Å². The van der Waals surface area contributed by atoms with Gasteiger partial charge in [0.05, 0.1) is 11.2 Å². The lowest BCUT2D eigenvalue weighted by Crippen LogP contribution is -2.28. The Kier molecular flexibility index (Phi) is 2.86. The van der Waals surface area contributed by atoms with Crippen molar-refractivity contribution in [1.29, 1.82) is 0 Å². The summed E-state index contributed by atoms with van der Waals surface area (Å²) in [6, 6.07) is 0. The molecule has 0 bridgehead atoms. The van der Waals surface area contributed by atoms with Crippen molar-refractivity contribution in [2.45, 2.75) is 45.8 Å². The Morgan fingerprint density at radius 3 is 1.40 bits per heavy atom. The van der Waals surface area contributed by atoms with Gasteiger partial charge in [-0.25, -0.2) is 9.78 Å². The van der Waals surface area contributed by atoms with Crippen LogP contribution in [0.5, 0.6) is 0 Å². The van der Waals surface area contributed by atoms with Gasteiger partial charge in [-0.05, 0) is 41.5 Å². The molecule has 1 radical (unpaired) electrons. The van der Waals surface area contributed by atoms with Crippen LogP contribution in [0.2, 0.25) is 0 Å². The van der Waals surface area contributed by atoms with E-state index in [2.05, 4.69) is 6.92 Å². The quantitative estimate of drug-likeness (QED) is 0.438. The lowest BCUT2D eigenvalue weighted by molar-refractivity contribution is -0.387. The van der Waals surface area contributed by atoms with Crippen LogP contribution in [0.1, 0.15) is 34.6 Å². The average Bonchev–Trinajstić information content (AvgIpc) is 1.57. The first-order valence-electron chi connectivity index (χ1n) is 3.43. The van der Waals surface area contributed by atoms with Gasteiger partial charge < -0.3 is 0 Å². The van der Waals surface area contributed by atoms with Crippen molar-refractivity contribution in [2.75, 3.05) is 0 Å². The summed E-state index contributed by atoms with van der Waals surface area (Å²) >= 11 is 0. The molecule has 0 heterocycles. The first kappa shape index (κ1) is 9.92. The third-order valence-electron chi connectivity index (χ3n) is 0.517. The van der Waals surface area contributed by atoms with Gasteiger partial charge in [0.15, 0.2) is 0 Å². The topological polar surface area (TPSA) is 18.5 Å². The molecule has 10 heavy (non-hydrogen) atoms. The zero-order valence-electron chi connectivity index (χ0n) is 7.52. The van der Waals surface area contributed by atoms with Crippen molar-refractivity contribution in [3.05, 3.63) is 6.92 Å². The van der Waals surface area contributed by atoms with Crippen LogP contribution >= 0.6 is 0 Å². The minimum absolute atomic E-state index is 0.255. The Hall–Kier alpha value is -0.0800. The molecule has 61 valence electrons. The molecule has 0 saturated carbocycles. The molecule has 0 saturated heterocycles. The fraction of sp³-hybridized carbons (Fsp3) is 0.875. The van der Waals surface area contributed by atoms with Gasteiger partial charge in [0.2, 0.25) is 0 Å². The molecule has 0 N–H and O–H groups in total. The van der Waals surface area contributed by atoms with Gasteiger partial charge in [0, 0.05) is 0 Å². The molecule has 0 fully saturated rings. The van der Waals surface area contributed by atoms with E-state index in [1.165, 1.54) is 0 Å². The van der Waals surface area contributed by atoms with Gasteiger partial charge >= 0.3 is 0 Å². The van der Waals surface area contributed by atoms with Crippen molar-refractivity contribution in [3.8, 4) is 0 Å². The van der Waals surface area contributed by atoms with E-state index in [1.54, 1.807) is 0 Å². The third-order valence-corrected chi connectivity index (χ3v) is 0.517. The highest BCUT2D eigenvalue weighted by Gasteiger charge is 2.18. The van der Waals surface area contributed by atoms with Gasteiger partial charge in [-0.1, -0.05) is 0 Å². The average molecular weight is 145 g/mol. The number of rotatable bonds is 2. The van der Waals surface area contributed by atoms with Gasteiger partial charge in [-0.3, -0.25) is 0 Å². The van der Waals surface area contributed by atoms with Gasteiger partial charge in [0.1, 0.15) is 0 Å². The van der Waals surface area contributed by atoms with Crippen molar-refractivity contribution < 1.29 is 9.78 Å². The van der Waals surface area contributed by atoms with Gasteiger partial charge in [-0.15, -0.1) is 0 Å². The van der Waals surface area contributed by atoms with Crippen molar-refractivity contribution in [1.82, 2.24) is 0 Å². The Labute approximate surface area is 63.5 Å². The van der Waals surface area contributed by atoms with Crippen LogP contribution in [0.4, 0.5) is 0 Å². The molecule has 0 spiro atoms. The predicted octanol–water partition coefficient (Wildman–Crippen LogP) is 2.35. The second-order valence-electron chi connectivity index (χ2n) is 4.04. The largest absolute Gasteiger partial charge is 0.230 e. The van der Waals surface area contributed by atoms with E-state index in [0.29, 0.717) is 0 Å². The lowest BCUT2D eigenvalue weighted by Gasteiger charge is -2.24. The van der Waals surface area contributed by atoms with Crippen molar-refractivity contribution in [3.63, 3.8) is 0 Å². The van der Waals surface area contributed by atoms with Crippen LogP contribution < -0.4 is 0 Å². The molecule has 0 aliphatic heterocycles. The molecule has 0 rings (SSSR count). The van der Waals surface area contributed by atoms with Crippen molar-refractivity contribution in [2.24, 2.45) is 0 Å². The lowest BCUT2D eigenvalue weighted by atomic mass is 10.2.